The molecule has 0 N–H and O–H groups in total. The molecule has 1 aliphatic rings. The Bertz CT molecular complexity index is 71.2. The standard InChI is InChI=1S/C3H6O/c1-3-2-4-3/h3H,2H2,1H3/i2D,3D. The lowest BCUT2D eigenvalue weighted by Crippen LogP contribution is -1.60. The van der Waals surface area contributed by atoms with E-state index in [0.29, 0.717) is 0 Å². The van der Waals surface area contributed by atoms with Gasteiger partial charge in [0.1, 0.15) is 0 Å². The van der Waals surface area contributed by atoms with Crippen molar-refractivity contribution in [3.05, 3.63) is 0 Å². The molecular weight excluding hydrogens is 52.0 g/mol. The van der Waals surface area contributed by atoms with Crippen LogP contribution in [0.2, 0.25) is 0 Å². The van der Waals surface area contributed by atoms with Crippen molar-refractivity contribution in [2.75, 3.05) is 6.58 Å². The maximum atomic E-state index is 6.84. The average Bonchev–Trinajstić information content (AvgIpc) is 1.73. The van der Waals surface area contributed by atoms with Crippen LogP contribution in [-0.2, 0) is 4.74 Å². The number of epoxide rings is 1. The Hall–Kier alpha value is -0.0400. The van der Waals surface area contributed by atoms with Crippen LogP contribution in [0.4, 0.5) is 0 Å². The normalized spacial score (nSPS) is 83.8. The molecule has 24 valence electrons. The molecule has 1 fully saturated rings. The SMILES string of the molecule is [2H]C1OC1([2H])C. The average molecular weight is 60.1 g/mol. The van der Waals surface area contributed by atoms with Gasteiger partial charge < -0.3 is 4.74 Å². The summed E-state index contributed by atoms with van der Waals surface area (Å²) in [4.78, 5) is 0. The van der Waals surface area contributed by atoms with Crippen LogP contribution in [0.1, 0.15) is 9.67 Å². The summed E-state index contributed by atoms with van der Waals surface area (Å²) in [6.07, 6.45) is -0.875. The molecule has 0 aromatic carbocycles. The van der Waals surface area contributed by atoms with E-state index in [9.17, 15) is 0 Å². The van der Waals surface area contributed by atoms with Gasteiger partial charge in [0.2, 0.25) is 0 Å². The lowest BCUT2D eigenvalue weighted by molar-refractivity contribution is 0.423. The molecule has 0 amide bonds. The van der Waals surface area contributed by atoms with Crippen LogP contribution in [0.25, 0.3) is 0 Å². The Morgan fingerprint density at radius 3 is 3.00 bits per heavy atom. The van der Waals surface area contributed by atoms with Crippen molar-refractivity contribution in [1.82, 2.24) is 0 Å². The Morgan fingerprint density at radius 2 is 3.00 bits per heavy atom. The van der Waals surface area contributed by atoms with E-state index in [1.165, 1.54) is 0 Å². The van der Waals surface area contributed by atoms with Crippen molar-refractivity contribution in [1.29, 1.82) is 0 Å². The number of ether oxygens (including phenoxy) is 1. The van der Waals surface area contributed by atoms with E-state index in [-0.39, 0.29) is 0 Å². The summed E-state index contributed by atoms with van der Waals surface area (Å²) >= 11 is 0. The van der Waals surface area contributed by atoms with Gasteiger partial charge in [0.25, 0.3) is 0 Å². The summed E-state index contributed by atoms with van der Waals surface area (Å²) in [6.45, 7) is 0.988. The van der Waals surface area contributed by atoms with Crippen molar-refractivity contribution in [3.8, 4) is 0 Å². The Balaban J connectivity index is 2.41. The van der Waals surface area contributed by atoms with Crippen LogP contribution in [0.15, 0.2) is 0 Å². The van der Waals surface area contributed by atoms with Gasteiger partial charge in [0.15, 0.2) is 0 Å². The molecule has 0 aliphatic carbocycles. The van der Waals surface area contributed by atoms with Crippen LogP contribution < -0.4 is 0 Å². The van der Waals surface area contributed by atoms with Crippen LogP contribution in [0.3, 0.4) is 0 Å². The molecule has 1 nitrogen and oxygen atoms in total. The fourth-order valence-corrected chi connectivity index (χ4v) is 0.0589. The minimum Gasteiger partial charge on any atom is -0.373 e. The predicted octanol–water partition coefficient (Wildman–Crippen LogP) is 0.405. The summed E-state index contributed by atoms with van der Waals surface area (Å²) in [7, 11) is 0. The quantitative estimate of drug-likeness (QED) is 0.369. The van der Waals surface area contributed by atoms with Crippen LogP contribution >= 0.6 is 0 Å². The first kappa shape index (κ1) is 0.977. The fourth-order valence-electron chi connectivity index (χ4n) is 0.0589. The minimum absolute atomic E-state index is 0.586. The maximum Gasteiger partial charge on any atom is 0.0781 e. The van der Waals surface area contributed by atoms with Crippen LogP contribution in [-0.4, -0.2) is 12.7 Å². The molecule has 0 spiro atoms. The molecule has 1 heterocycles. The first-order chi connectivity index (χ1) is 2.63. The van der Waals surface area contributed by atoms with Crippen molar-refractivity contribution in [2.45, 2.75) is 13.0 Å². The van der Waals surface area contributed by atoms with E-state index in [0.717, 1.165) is 0 Å². The second kappa shape index (κ2) is 0.462. The minimum atomic E-state index is -0.875. The van der Waals surface area contributed by atoms with Crippen LogP contribution in [0.5, 0.6) is 0 Å². The van der Waals surface area contributed by atoms with Crippen molar-refractivity contribution in [3.63, 3.8) is 0 Å². The monoisotopic (exact) mass is 60.1 g/mol. The van der Waals surface area contributed by atoms with Gasteiger partial charge >= 0.3 is 0 Å². The second-order valence-electron chi connectivity index (χ2n) is 0.846. The fraction of sp³-hybridized carbons (Fsp3) is 1.00. The van der Waals surface area contributed by atoms with Gasteiger partial charge in [-0.2, -0.15) is 0 Å². The molecule has 2 atom stereocenters. The Morgan fingerprint density at radius 1 is 2.75 bits per heavy atom. The smallest absolute Gasteiger partial charge is 0.0781 e. The third-order valence-electron chi connectivity index (χ3n) is 0.354. The Labute approximate surface area is 28.4 Å². The lowest BCUT2D eigenvalue weighted by Gasteiger charge is -1.50. The first-order valence-electron chi connectivity index (χ1n) is 2.31. The molecule has 0 aromatic heterocycles. The summed E-state index contributed by atoms with van der Waals surface area (Å²) in [6, 6.07) is 0. The molecule has 0 aromatic rings. The van der Waals surface area contributed by atoms with E-state index in [1.54, 1.807) is 6.92 Å². The van der Waals surface area contributed by atoms with Gasteiger partial charge in [-0.1, -0.05) is 0 Å². The summed E-state index contributed by atoms with van der Waals surface area (Å²) in [5, 5.41) is 0. The van der Waals surface area contributed by atoms with Crippen molar-refractivity contribution >= 4 is 0 Å². The van der Waals surface area contributed by atoms with Gasteiger partial charge in [-0.3, -0.25) is 0 Å². The molecule has 1 rings (SSSR count). The topological polar surface area (TPSA) is 12.5 Å². The molecule has 0 bridgehead atoms. The maximum absolute atomic E-state index is 6.84. The molecule has 4 heavy (non-hydrogen) atoms. The summed E-state index contributed by atoms with van der Waals surface area (Å²) in [5.74, 6) is 0. The number of hydrogen-bond acceptors (Lipinski definition) is 1. The molecular formula is C3H6O. The number of rotatable bonds is 0. The zero-order valence-corrected chi connectivity index (χ0v) is 2.49. The van der Waals surface area contributed by atoms with Crippen molar-refractivity contribution in [2.24, 2.45) is 0 Å². The molecule has 1 aliphatic heterocycles. The highest BCUT2D eigenvalue weighted by Gasteiger charge is 2.13. The number of hydrogen-bond donors (Lipinski definition) is 0. The zero-order valence-electron chi connectivity index (χ0n) is 4.49. The third kappa shape index (κ3) is 0.206. The highest BCUT2D eigenvalue weighted by Crippen LogP contribution is 2.04. The molecule has 2 unspecified atom stereocenters. The highest BCUT2D eigenvalue weighted by molar-refractivity contribution is 4.58. The first-order valence-corrected chi connectivity index (χ1v) is 1.23. The van der Waals surface area contributed by atoms with Gasteiger partial charge in [-0.05, 0) is 6.92 Å². The van der Waals surface area contributed by atoms with E-state index in [4.69, 9.17) is 2.74 Å². The van der Waals surface area contributed by atoms with Gasteiger partial charge in [0, 0.05) is 0 Å². The second-order valence-corrected chi connectivity index (χ2v) is 0.846. The van der Waals surface area contributed by atoms with E-state index in [1.807, 2.05) is 0 Å². The molecule has 1 heteroatoms. The summed E-state index contributed by atoms with van der Waals surface area (Å²) in [5.41, 5.74) is 0. The van der Waals surface area contributed by atoms with Crippen LogP contribution in [0, 0.1) is 0 Å². The zero-order chi connectivity index (χ0) is 4.78. The Kier molecular flexibility index (Phi) is 0.113. The molecule has 1 saturated heterocycles. The summed E-state index contributed by atoms with van der Waals surface area (Å²) < 4.78 is 18.0. The van der Waals surface area contributed by atoms with E-state index >= 15 is 0 Å². The lowest BCUT2D eigenvalue weighted by atomic mass is 10.6. The van der Waals surface area contributed by atoms with Gasteiger partial charge in [-0.15, -0.1) is 0 Å². The third-order valence-corrected chi connectivity index (χ3v) is 0.354. The van der Waals surface area contributed by atoms with E-state index in [2.05, 4.69) is 4.74 Å². The largest absolute Gasteiger partial charge is 0.373 e. The molecule has 0 radical (unpaired) electrons. The van der Waals surface area contributed by atoms with Crippen molar-refractivity contribution < 1.29 is 7.48 Å². The van der Waals surface area contributed by atoms with Gasteiger partial charge in [0.05, 0.1) is 15.4 Å². The van der Waals surface area contributed by atoms with E-state index < -0.39 is 12.7 Å². The molecule has 0 saturated carbocycles. The van der Waals surface area contributed by atoms with Gasteiger partial charge in [-0.25, -0.2) is 0 Å². The highest BCUT2D eigenvalue weighted by atomic mass is 16.6. The predicted molar refractivity (Wildman–Crippen MR) is 15.4 cm³/mol.